The minimum atomic E-state index is -0.129. The van der Waals surface area contributed by atoms with E-state index in [0.29, 0.717) is 24.0 Å². The molecule has 3 heteroatoms. The molecule has 0 aromatic rings. The first-order valence-corrected chi connectivity index (χ1v) is 6.56. The fraction of sp³-hybridized carbons (Fsp3) is 1.00. The number of piperidine rings is 1. The fourth-order valence-electron chi connectivity index (χ4n) is 3.11. The second-order valence-corrected chi connectivity index (χ2v) is 5.74. The first-order chi connectivity index (χ1) is 7.61. The lowest BCUT2D eigenvalue weighted by Crippen LogP contribution is -2.55. The van der Waals surface area contributed by atoms with Crippen LogP contribution in [0.15, 0.2) is 0 Å². The van der Waals surface area contributed by atoms with Crippen molar-refractivity contribution in [2.24, 2.45) is 11.8 Å². The van der Waals surface area contributed by atoms with Crippen molar-refractivity contribution in [2.45, 2.75) is 51.4 Å². The number of aliphatic hydroxyl groups is 1. The molecule has 16 heavy (non-hydrogen) atoms. The molecule has 0 spiro atoms. The average Bonchev–Trinajstić information content (AvgIpc) is 2.15. The zero-order valence-corrected chi connectivity index (χ0v) is 10.7. The lowest BCUT2D eigenvalue weighted by molar-refractivity contribution is -0.0699. The van der Waals surface area contributed by atoms with E-state index in [1.165, 1.54) is 0 Å². The Morgan fingerprint density at radius 2 is 2.00 bits per heavy atom. The van der Waals surface area contributed by atoms with Crippen molar-refractivity contribution in [1.29, 1.82) is 0 Å². The molecule has 94 valence electrons. The molecule has 1 saturated heterocycles. The van der Waals surface area contributed by atoms with Crippen LogP contribution < -0.4 is 0 Å². The summed E-state index contributed by atoms with van der Waals surface area (Å²) in [6, 6.07) is 0.660. The van der Waals surface area contributed by atoms with Crippen LogP contribution in [0.25, 0.3) is 0 Å². The molecule has 0 bridgehead atoms. The zero-order valence-electron chi connectivity index (χ0n) is 10.7. The summed E-state index contributed by atoms with van der Waals surface area (Å²) >= 11 is 0. The van der Waals surface area contributed by atoms with Gasteiger partial charge in [-0.1, -0.05) is 13.8 Å². The van der Waals surface area contributed by atoms with Crippen LogP contribution in [-0.2, 0) is 4.74 Å². The van der Waals surface area contributed by atoms with Crippen molar-refractivity contribution in [3.63, 3.8) is 0 Å². The van der Waals surface area contributed by atoms with E-state index in [-0.39, 0.29) is 6.10 Å². The third-order valence-corrected chi connectivity index (χ3v) is 4.44. The highest BCUT2D eigenvalue weighted by atomic mass is 16.5. The summed E-state index contributed by atoms with van der Waals surface area (Å²) in [5, 5.41) is 10.1. The van der Waals surface area contributed by atoms with E-state index < -0.39 is 0 Å². The van der Waals surface area contributed by atoms with Gasteiger partial charge in [0.1, 0.15) is 0 Å². The maximum Gasteiger partial charge on any atom is 0.0698 e. The predicted molar refractivity (Wildman–Crippen MR) is 64.3 cm³/mol. The van der Waals surface area contributed by atoms with E-state index in [1.807, 2.05) is 0 Å². The van der Waals surface area contributed by atoms with Gasteiger partial charge < -0.3 is 9.84 Å². The van der Waals surface area contributed by atoms with E-state index >= 15 is 0 Å². The fourth-order valence-corrected chi connectivity index (χ4v) is 3.11. The summed E-state index contributed by atoms with van der Waals surface area (Å²) in [5.74, 6) is 1.10. The van der Waals surface area contributed by atoms with Gasteiger partial charge in [0.25, 0.3) is 0 Å². The summed E-state index contributed by atoms with van der Waals surface area (Å²) < 4.78 is 5.30. The highest BCUT2D eigenvalue weighted by Gasteiger charge is 2.38. The molecule has 1 saturated carbocycles. The van der Waals surface area contributed by atoms with Crippen LogP contribution in [0.1, 0.15) is 33.1 Å². The Bertz CT molecular complexity index is 226. The van der Waals surface area contributed by atoms with Gasteiger partial charge in [0.05, 0.1) is 12.2 Å². The summed E-state index contributed by atoms with van der Waals surface area (Å²) in [6.07, 6.45) is 3.78. The third-order valence-electron chi connectivity index (χ3n) is 4.44. The molecule has 3 nitrogen and oxygen atoms in total. The number of likely N-dealkylation sites (tertiary alicyclic amines) is 1. The lowest BCUT2D eigenvalue weighted by atomic mass is 9.81. The number of hydrogen-bond acceptors (Lipinski definition) is 3. The van der Waals surface area contributed by atoms with Crippen LogP contribution in [0.4, 0.5) is 0 Å². The van der Waals surface area contributed by atoms with Crippen molar-refractivity contribution in [3.05, 3.63) is 0 Å². The van der Waals surface area contributed by atoms with Crippen LogP contribution in [-0.4, -0.2) is 48.5 Å². The standard InChI is InChI=1S/C13H25NO2/c1-9(2)12-4-5-14(8-13(12)15)10-6-11(7-10)16-3/h9-13,15H,4-8H2,1-3H3/t10-,11-,12-,13+/m1/s1. The van der Waals surface area contributed by atoms with Gasteiger partial charge in [0.2, 0.25) is 0 Å². The zero-order chi connectivity index (χ0) is 11.7. The molecule has 1 N–H and O–H groups in total. The molecule has 1 heterocycles. The summed E-state index contributed by atoms with van der Waals surface area (Å²) in [4.78, 5) is 2.46. The van der Waals surface area contributed by atoms with Gasteiger partial charge in [0, 0.05) is 19.7 Å². The number of nitrogens with zero attached hydrogens (tertiary/aromatic N) is 1. The minimum absolute atomic E-state index is 0.129. The third kappa shape index (κ3) is 2.41. The van der Waals surface area contributed by atoms with Crippen molar-refractivity contribution in [1.82, 2.24) is 4.90 Å². The Morgan fingerprint density at radius 1 is 1.31 bits per heavy atom. The quantitative estimate of drug-likeness (QED) is 0.793. The Balaban J connectivity index is 1.79. The molecule has 0 amide bonds. The molecule has 0 radical (unpaired) electrons. The summed E-state index contributed by atoms with van der Waals surface area (Å²) in [7, 11) is 1.79. The maximum absolute atomic E-state index is 10.1. The Hall–Kier alpha value is -0.120. The molecule has 2 atom stereocenters. The second kappa shape index (κ2) is 5.03. The number of aliphatic hydroxyl groups excluding tert-OH is 1. The van der Waals surface area contributed by atoms with Gasteiger partial charge >= 0.3 is 0 Å². The van der Waals surface area contributed by atoms with Crippen LogP contribution in [0.5, 0.6) is 0 Å². The van der Waals surface area contributed by atoms with E-state index in [4.69, 9.17) is 4.74 Å². The topological polar surface area (TPSA) is 32.7 Å². The van der Waals surface area contributed by atoms with Crippen LogP contribution in [0, 0.1) is 11.8 Å². The lowest BCUT2D eigenvalue weighted by Gasteiger charge is -2.47. The van der Waals surface area contributed by atoms with Crippen LogP contribution >= 0.6 is 0 Å². The number of ether oxygens (including phenoxy) is 1. The Labute approximate surface area is 98.8 Å². The predicted octanol–water partition coefficient (Wildman–Crippen LogP) is 1.50. The number of methoxy groups -OCH3 is 1. The van der Waals surface area contributed by atoms with E-state index in [0.717, 1.165) is 32.4 Å². The van der Waals surface area contributed by atoms with Gasteiger partial charge in [-0.2, -0.15) is 0 Å². The highest BCUT2D eigenvalue weighted by molar-refractivity contribution is 4.92. The van der Waals surface area contributed by atoms with Crippen molar-refractivity contribution in [2.75, 3.05) is 20.2 Å². The normalized spacial score (nSPS) is 41.1. The molecule has 0 aromatic heterocycles. The number of β-amino-alcohol motifs (C(OH)–C–C–N with tert-alkyl or cyclic N) is 1. The largest absolute Gasteiger partial charge is 0.391 e. The molecule has 1 aliphatic carbocycles. The Kier molecular flexibility index (Phi) is 3.88. The minimum Gasteiger partial charge on any atom is -0.391 e. The monoisotopic (exact) mass is 227 g/mol. The van der Waals surface area contributed by atoms with Crippen LogP contribution in [0.2, 0.25) is 0 Å². The van der Waals surface area contributed by atoms with E-state index in [1.54, 1.807) is 7.11 Å². The highest BCUT2D eigenvalue weighted by Crippen LogP contribution is 2.33. The smallest absolute Gasteiger partial charge is 0.0698 e. The molecule has 2 fully saturated rings. The molecule has 0 aromatic carbocycles. The first kappa shape index (κ1) is 12.3. The van der Waals surface area contributed by atoms with Crippen molar-refractivity contribution >= 4 is 0 Å². The summed E-state index contributed by atoms with van der Waals surface area (Å²) in [6.45, 7) is 6.45. The average molecular weight is 227 g/mol. The molecule has 1 aliphatic heterocycles. The molecular formula is C13H25NO2. The maximum atomic E-state index is 10.1. The number of rotatable bonds is 3. The van der Waals surface area contributed by atoms with Gasteiger partial charge in [-0.25, -0.2) is 0 Å². The van der Waals surface area contributed by atoms with Crippen molar-refractivity contribution in [3.8, 4) is 0 Å². The van der Waals surface area contributed by atoms with Gasteiger partial charge in [-0.05, 0) is 37.6 Å². The molecular weight excluding hydrogens is 202 g/mol. The molecule has 2 aliphatic rings. The first-order valence-electron chi connectivity index (χ1n) is 6.56. The van der Waals surface area contributed by atoms with E-state index in [9.17, 15) is 5.11 Å². The van der Waals surface area contributed by atoms with E-state index in [2.05, 4.69) is 18.7 Å². The van der Waals surface area contributed by atoms with Gasteiger partial charge in [-0.3, -0.25) is 4.90 Å². The van der Waals surface area contributed by atoms with Gasteiger partial charge in [-0.15, -0.1) is 0 Å². The molecule has 2 rings (SSSR count). The Morgan fingerprint density at radius 3 is 2.50 bits per heavy atom. The number of hydrogen-bond donors (Lipinski definition) is 1. The summed E-state index contributed by atoms with van der Waals surface area (Å²) in [5.41, 5.74) is 0. The van der Waals surface area contributed by atoms with Crippen molar-refractivity contribution < 1.29 is 9.84 Å². The second-order valence-electron chi connectivity index (χ2n) is 5.74. The van der Waals surface area contributed by atoms with Crippen LogP contribution in [0.3, 0.4) is 0 Å². The molecule has 0 unspecified atom stereocenters. The van der Waals surface area contributed by atoms with Gasteiger partial charge in [0.15, 0.2) is 0 Å². The SMILES string of the molecule is CO[C@H]1C[C@H](N2CC[C@H](C(C)C)[C@@H](O)C2)C1.